The lowest BCUT2D eigenvalue weighted by Gasteiger charge is -2.13. The summed E-state index contributed by atoms with van der Waals surface area (Å²) in [5.74, 6) is -0.471. The molecule has 0 saturated carbocycles. The number of benzene rings is 1. The Kier molecular flexibility index (Phi) is 5.46. The van der Waals surface area contributed by atoms with E-state index in [1.807, 2.05) is 6.92 Å². The van der Waals surface area contributed by atoms with Gasteiger partial charge in [0.2, 0.25) is 5.91 Å². The van der Waals surface area contributed by atoms with E-state index in [4.69, 9.17) is 0 Å². The molecule has 2 nitrogen and oxygen atoms in total. The number of carbonyl (C=O) groups is 1. The van der Waals surface area contributed by atoms with E-state index in [9.17, 15) is 9.18 Å². The summed E-state index contributed by atoms with van der Waals surface area (Å²) in [5.41, 5.74) is 0.435. The lowest BCUT2D eigenvalue weighted by atomic mass is 10.1. The Morgan fingerprint density at radius 3 is 2.75 bits per heavy atom. The zero-order chi connectivity index (χ0) is 12.0. The van der Waals surface area contributed by atoms with Crippen LogP contribution in [0.1, 0.15) is 18.9 Å². The van der Waals surface area contributed by atoms with Crippen molar-refractivity contribution < 1.29 is 9.18 Å². The molecule has 0 bridgehead atoms. The van der Waals surface area contributed by atoms with Crippen LogP contribution in [0.15, 0.2) is 24.3 Å². The molecule has 16 heavy (non-hydrogen) atoms. The molecule has 0 radical (unpaired) electrons. The highest BCUT2D eigenvalue weighted by Crippen LogP contribution is 2.07. The van der Waals surface area contributed by atoms with E-state index in [2.05, 4.69) is 21.2 Å². The fraction of sp³-hybridized carbons (Fsp3) is 0.417. The maximum absolute atomic E-state index is 13.3. The van der Waals surface area contributed by atoms with Crippen molar-refractivity contribution in [2.24, 2.45) is 0 Å². The fourth-order valence-corrected chi connectivity index (χ4v) is 1.96. The zero-order valence-electron chi connectivity index (χ0n) is 9.17. The summed E-state index contributed by atoms with van der Waals surface area (Å²) in [6, 6.07) is 6.45. The van der Waals surface area contributed by atoms with Crippen molar-refractivity contribution in [1.82, 2.24) is 5.32 Å². The van der Waals surface area contributed by atoms with Crippen molar-refractivity contribution in [3.8, 4) is 0 Å². The van der Waals surface area contributed by atoms with Gasteiger partial charge in [-0.3, -0.25) is 4.79 Å². The van der Waals surface area contributed by atoms with E-state index in [0.717, 1.165) is 6.42 Å². The van der Waals surface area contributed by atoms with E-state index in [-0.39, 0.29) is 24.2 Å². The second-order valence-corrected chi connectivity index (χ2v) is 4.24. The molecule has 1 atom stereocenters. The third-order valence-corrected chi connectivity index (χ3v) is 3.13. The molecule has 0 aliphatic carbocycles. The minimum Gasteiger partial charge on any atom is -0.352 e. The molecule has 88 valence electrons. The van der Waals surface area contributed by atoms with Crippen molar-refractivity contribution in [2.45, 2.75) is 25.8 Å². The number of carbonyl (C=O) groups excluding carboxylic acids is 1. The van der Waals surface area contributed by atoms with Gasteiger partial charge in [-0.15, -0.1) is 0 Å². The predicted molar refractivity (Wildman–Crippen MR) is 66.1 cm³/mol. The Bertz CT molecular complexity index is 353. The smallest absolute Gasteiger partial charge is 0.224 e. The first-order chi connectivity index (χ1) is 7.67. The normalized spacial score (nSPS) is 12.2. The van der Waals surface area contributed by atoms with Crippen LogP contribution in [0.3, 0.4) is 0 Å². The van der Waals surface area contributed by atoms with Gasteiger partial charge in [0.25, 0.3) is 0 Å². The lowest BCUT2D eigenvalue weighted by Crippen LogP contribution is -2.36. The molecule has 4 heteroatoms. The Morgan fingerprint density at radius 1 is 1.50 bits per heavy atom. The van der Waals surface area contributed by atoms with E-state index in [0.29, 0.717) is 10.9 Å². The Morgan fingerprint density at radius 2 is 2.19 bits per heavy atom. The Labute approximate surface area is 103 Å². The average molecular weight is 288 g/mol. The molecular formula is C12H15BrFNO. The van der Waals surface area contributed by atoms with Gasteiger partial charge < -0.3 is 5.32 Å². The third kappa shape index (κ3) is 3.93. The molecule has 0 spiro atoms. The molecule has 1 unspecified atom stereocenters. The minimum absolute atomic E-state index is 0.0934. The molecule has 0 aliphatic heterocycles. The highest BCUT2D eigenvalue weighted by Gasteiger charge is 2.11. The van der Waals surface area contributed by atoms with Crippen LogP contribution in [0.2, 0.25) is 0 Å². The van der Waals surface area contributed by atoms with Gasteiger partial charge in [-0.1, -0.05) is 41.1 Å². The van der Waals surface area contributed by atoms with Crippen LogP contribution in [0.5, 0.6) is 0 Å². The monoisotopic (exact) mass is 287 g/mol. The average Bonchev–Trinajstić information content (AvgIpc) is 2.29. The van der Waals surface area contributed by atoms with Gasteiger partial charge in [0.1, 0.15) is 5.82 Å². The molecule has 1 aromatic rings. The first-order valence-corrected chi connectivity index (χ1v) is 6.38. The first kappa shape index (κ1) is 13.2. The van der Waals surface area contributed by atoms with Gasteiger partial charge in [0.05, 0.1) is 6.42 Å². The summed E-state index contributed by atoms with van der Waals surface area (Å²) in [5, 5.41) is 3.55. The van der Waals surface area contributed by atoms with Crippen LogP contribution in [-0.2, 0) is 11.2 Å². The van der Waals surface area contributed by atoms with Gasteiger partial charge >= 0.3 is 0 Å². The lowest BCUT2D eigenvalue weighted by molar-refractivity contribution is -0.121. The van der Waals surface area contributed by atoms with Crippen molar-refractivity contribution in [2.75, 3.05) is 5.33 Å². The van der Waals surface area contributed by atoms with Crippen molar-refractivity contribution in [3.05, 3.63) is 35.6 Å². The second-order valence-electron chi connectivity index (χ2n) is 3.60. The number of nitrogens with one attached hydrogen (secondary N) is 1. The van der Waals surface area contributed by atoms with Crippen LogP contribution in [-0.4, -0.2) is 17.3 Å². The molecule has 0 aromatic heterocycles. The SMILES string of the molecule is CCC(CBr)NC(=O)Cc1ccccc1F. The molecule has 1 amide bonds. The number of amides is 1. The maximum Gasteiger partial charge on any atom is 0.224 e. The highest BCUT2D eigenvalue weighted by atomic mass is 79.9. The quantitative estimate of drug-likeness (QED) is 0.829. The largest absolute Gasteiger partial charge is 0.352 e. The van der Waals surface area contributed by atoms with E-state index in [1.54, 1.807) is 18.2 Å². The van der Waals surface area contributed by atoms with Gasteiger partial charge in [0, 0.05) is 11.4 Å². The van der Waals surface area contributed by atoms with Crippen molar-refractivity contribution in [1.29, 1.82) is 0 Å². The summed E-state index contributed by atoms with van der Waals surface area (Å²) in [7, 11) is 0. The second kappa shape index (κ2) is 6.63. The molecule has 0 saturated heterocycles. The summed E-state index contributed by atoms with van der Waals surface area (Å²) in [6.45, 7) is 2.00. The van der Waals surface area contributed by atoms with E-state index < -0.39 is 0 Å². The van der Waals surface area contributed by atoms with Crippen LogP contribution < -0.4 is 5.32 Å². The van der Waals surface area contributed by atoms with Crippen LogP contribution in [0.25, 0.3) is 0 Å². The molecule has 1 aromatic carbocycles. The number of hydrogen-bond acceptors (Lipinski definition) is 1. The molecule has 0 fully saturated rings. The standard InChI is InChI=1S/C12H15BrFNO/c1-2-10(8-13)15-12(16)7-9-5-3-4-6-11(9)14/h3-6,10H,2,7-8H2,1H3,(H,15,16). The summed E-state index contributed by atoms with van der Waals surface area (Å²) in [6.07, 6.45) is 0.949. The molecule has 0 heterocycles. The van der Waals surface area contributed by atoms with Crippen LogP contribution in [0, 0.1) is 5.82 Å². The summed E-state index contributed by atoms with van der Waals surface area (Å²) in [4.78, 5) is 11.6. The van der Waals surface area contributed by atoms with Crippen molar-refractivity contribution >= 4 is 21.8 Å². The number of rotatable bonds is 5. The summed E-state index contributed by atoms with van der Waals surface area (Å²) < 4.78 is 13.3. The predicted octanol–water partition coefficient (Wildman–Crippen LogP) is 2.66. The van der Waals surface area contributed by atoms with Gasteiger partial charge in [-0.2, -0.15) is 0 Å². The number of alkyl halides is 1. The summed E-state index contributed by atoms with van der Waals surface area (Å²) >= 11 is 3.32. The molecule has 1 rings (SSSR count). The number of hydrogen-bond donors (Lipinski definition) is 1. The third-order valence-electron chi connectivity index (χ3n) is 2.35. The van der Waals surface area contributed by atoms with Gasteiger partial charge in [0.15, 0.2) is 0 Å². The molecular weight excluding hydrogens is 273 g/mol. The zero-order valence-corrected chi connectivity index (χ0v) is 10.8. The topological polar surface area (TPSA) is 29.1 Å². The minimum atomic E-state index is -0.329. The molecule has 1 N–H and O–H groups in total. The van der Waals surface area contributed by atoms with Crippen molar-refractivity contribution in [3.63, 3.8) is 0 Å². The van der Waals surface area contributed by atoms with Crippen LogP contribution in [0.4, 0.5) is 4.39 Å². The molecule has 0 aliphatic rings. The van der Waals surface area contributed by atoms with Crippen LogP contribution >= 0.6 is 15.9 Å². The van der Waals surface area contributed by atoms with E-state index in [1.165, 1.54) is 6.07 Å². The van der Waals surface area contributed by atoms with Gasteiger partial charge in [-0.05, 0) is 18.1 Å². The Balaban J connectivity index is 2.55. The van der Waals surface area contributed by atoms with E-state index >= 15 is 0 Å². The Hall–Kier alpha value is -0.900. The highest BCUT2D eigenvalue weighted by molar-refractivity contribution is 9.09. The van der Waals surface area contributed by atoms with Gasteiger partial charge in [-0.25, -0.2) is 4.39 Å². The first-order valence-electron chi connectivity index (χ1n) is 5.26. The maximum atomic E-state index is 13.3. The number of halogens is 2. The fourth-order valence-electron chi connectivity index (χ4n) is 1.34.